The highest BCUT2D eigenvalue weighted by atomic mass is 16.5. The molecule has 0 aliphatic carbocycles. The molecule has 0 bridgehead atoms. The maximum Gasteiger partial charge on any atom is 0.251 e. The van der Waals surface area contributed by atoms with Crippen LogP contribution >= 0.6 is 0 Å². The molecule has 2 N–H and O–H groups in total. The fourth-order valence-corrected chi connectivity index (χ4v) is 2.79. The number of methoxy groups -OCH3 is 1. The summed E-state index contributed by atoms with van der Waals surface area (Å²) in [4.78, 5) is 16.8. The number of aromatic nitrogens is 1. The van der Waals surface area contributed by atoms with Crippen LogP contribution in [0.3, 0.4) is 0 Å². The minimum atomic E-state index is -0.151. The number of benzene rings is 2. The van der Waals surface area contributed by atoms with Crippen LogP contribution in [-0.2, 0) is 13.1 Å². The van der Waals surface area contributed by atoms with E-state index in [4.69, 9.17) is 4.74 Å². The fourth-order valence-electron chi connectivity index (χ4n) is 2.79. The number of para-hydroxylation sites is 1. The zero-order valence-electron chi connectivity index (χ0n) is 15.5. The average Bonchev–Trinajstić information content (AvgIpc) is 2.72. The van der Waals surface area contributed by atoms with Gasteiger partial charge in [-0.1, -0.05) is 42.5 Å². The van der Waals surface area contributed by atoms with Crippen molar-refractivity contribution in [2.45, 2.75) is 20.0 Å². The molecule has 0 saturated carbocycles. The van der Waals surface area contributed by atoms with Gasteiger partial charge in [0.25, 0.3) is 5.91 Å². The average molecular weight is 361 g/mol. The Labute approximate surface area is 159 Å². The number of hydrogen-bond donors (Lipinski definition) is 2. The maximum atomic E-state index is 12.5. The number of carbonyl (C=O) groups is 1. The number of amides is 1. The Balaban J connectivity index is 1.62. The maximum absolute atomic E-state index is 12.5. The van der Waals surface area contributed by atoms with Gasteiger partial charge in [-0.05, 0) is 36.2 Å². The summed E-state index contributed by atoms with van der Waals surface area (Å²) in [7, 11) is 1.62. The van der Waals surface area contributed by atoms with Crippen molar-refractivity contribution < 1.29 is 9.53 Å². The molecule has 0 radical (unpaired) electrons. The van der Waals surface area contributed by atoms with Crippen molar-refractivity contribution in [1.29, 1.82) is 0 Å². The van der Waals surface area contributed by atoms with Crippen LogP contribution in [0.25, 0.3) is 0 Å². The predicted octanol–water partition coefficient (Wildman–Crippen LogP) is 3.94. The van der Waals surface area contributed by atoms with E-state index in [9.17, 15) is 4.79 Å². The van der Waals surface area contributed by atoms with Gasteiger partial charge in [0, 0.05) is 30.4 Å². The SMILES string of the molecule is COc1ccccc1CNC(=O)c1ccnc(NCc2ccccc2C)c1. The molecule has 0 unspecified atom stereocenters. The Morgan fingerprint density at radius 2 is 1.74 bits per heavy atom. The molecular weight excluding hydrogens is 338 g/mol. The lowest BCUT2D eigenvalue weighted by atomic mass is 10.1. The van der Waals surface area contributed by atoms with Gasteiger partial charge in [-0.15, -0.1) is 0 Å². The van der Waals surface area contributed by atoms with Crippen LogP contribution in [-0.4, -0.2) is 18.0 Å². The van der Waals surface area contributed by atoms with Crippen LogP contribution in [0.4, 0.5) is 5.82 Å². The molecule has 2 aromatic carbocycles. The first-order valence-corrected chi connectivity index (χ1v) is 8.82. The van der Waals surface area contributed by atoms with E-state index < -0.39 is 0 Å². The molecule has 5 heteroatoms. The van der Waals surface area contributed by atoms with Crippen molar-refractivity contribution in [3.63, 3.8) is 0 Å². The highest BCUT2D eigenvalue weighted by molar-refractivity contribution is 5.94. The third-order valence-electron chi connectivity index (χ3n) is 4.38. The van der Waals surface area contributed by atoms with Crippen LogP contribution in [0.1, 0.15) is 27.0 Å². The first-order valence-electron chi connectivity index (χ1n) is 8.82. The van der Waals surface area contributed by atoms with Gasteiger partial charge < -0.3 is 15.4 Å². The Morgan fingerprint density at radius 1 is 1.00 bits per heavy atom. The van der Waals surface area contributed by atoms with Crippen LogP contribution in [0, 0.1) is 6.92 Å². The normalized spacial score (nSPS) is 10.3. The number of nitrogens with zero attached hydrogens (tertiary/aromatic N) is 1. The number of pyridine rings is 1. The number of ether oxygens (including phenoxy) is 1. The van der Waals surface area contributed by atoms with Gasteiger partial charge in [-0.25, -0.2) is 4.98 Å². The van der Waals surface area contributed by atoms with Crippen molar-refractivity contribution in [2.75, 3.05) is 12.4 Å². The molecule has 0 aliphatic heterocycles. The second kappa shape index (κ2) is 8.85. The second-order valence-corrected chi connectivity index (χ2v) is 6.20. The summed E-state index contributed by atoms with van der Waals surface area (Å²) >= 11 is 0. The Bertz CT molecular complexity index is 925. The summed E-state index contributed by atoms with van der Waals surface area (Å²) in [6, 6.07) is 19.3. The van der Waals surface area contributed by atoms with Crippen LogP contribution < -0.4 is 15.4 Å². The van der Waals surface area contributed by atoms with E-state index in [2.05, 4.69) is 34.7 Å². The molecule has 3 aromatic rings. The summed E-state index contributed by atoms with van der Waals surface area (Å²) in [5.74, 6) is 1.28. The summed E-state index contributed by atoms with van der Waals surface area (Å²) in [5.41, 5.74) is 3.91. The van der Waals surface area contributed by atoms with E-state index >= 15 is 0 Å². The zero-order valence-corrected chi connectivity index (χ0v) is 15.5. The minimum absolute atomic E-state index is 0.151. The topological polar surface area (TPSA) is 63.2 Å². The molecule has 138 valence electrons. The van der Waals surface area contributed by atoms with E-state index in [0.29, 0.717) is 24.5 Å². The smallest absolute Gasteiger partial charge is 0.251 e. The highest BCUT2D eigenvalue weighted by Crippen LogP contribution is 2.17. The Morgan fingerprint density at radius 3 is 2.52 bits per heavy atom. The summed E-state index contributed by atoms with van der Waals surface area (Å²) < 4.78 is 5.31. The minimum Gasteiger partial charge on any atom is -0.496 e. The lowest BCUT2D eigenvalue weighted by Gasteiger charge is -2.11. The molecule has 3 rings (SSSR count). The van der Waals surface area contributed by atoms with E-state index in [1.807, 2.05) is 36.4 Å². The van der Waals surface area contributed by atoms with Gasteiger partial charge in [0.15, 0.2) is 0 Å². The van der Waals surface area contributed by atoms with Crippen molar-refractivity contribution in [3.8, 4) is 5.75 Å². The van der Waals surface area contributed by atoms with Crippen molar-refractivity contribution in [1.82, 2.24) is 10.3 Å². The van der Waals surface area contributed by atoms with E-state index in [1.54, 1.807) is 25.4 Å². The number of nitrogens with one attached hydrogen (secondary N) is 2. The molecule has 0 aliphatic rings. The quantitative estimate of drug-likeness (QED) is 0.669. The van der Waals surface area contributed by atoms with Gasteiger partial charge in [0.1, 0.15) is 11.6 Å². The Kier molecular flexibility index (Phi) is 6.05. The fraction of sp³-hybridized carbons (Fsp3) is 0.182. The first kappa shape index (κ1) is 18.5. The van der Waals surface area contributed by atoms with Gasteiger partial charge in [-0.3, -0.25) is 4.79 Å². The van der Waals surface area contributed by atoms with Gasteiger partial charge in [0.05, 0.1) is 7.11 Å². The molecule has 1 amide bonds. The van der Waals surface area contributed by atoms with Crippen LogP contribution in [0.5, 0.6) is 5.75 Å². The molecule has 0 spiro atoms. The van der Waals surface area contributed by atoms with Gasteiger partial charge in [0.2, 0.25) is 0 Å². The van der Waals surface area contributed by atoms with Crippen molar-refractivity contribution in [3.05, 3.63) is 89.1 Å². The van der Waals surface area contributed by atoms with E-state index in [1.165, 1.54) is 11.1 Å². The molecule has 1 heterocycles. The third-order valence-corrected chi connectivity index (χ3v) is 4.38. The molecule has 27 heavy (non-hydrogen) atoms. The number of anilines is 1. The lowest BCUT2D eigenvalue weighted by molar-refractivity contribution is 0.0950. The standard InChI is InChI=1S/C22H23N3O2/c1-16-7-3-4-8-18(16)14-24-21-13-17(11-12-23-21)22(26)25-15-19-9-5-6-10-20(19)27-2/h3-13H,14-15H2,1-2H3,(H,23,24)(H,25,26). The molecule has 0 atom stereocenters. The largest absolute Gasteiger partial charge is 0.496 e. The molecule has 0 fully saturated rings. The number of rotatable bonds is 7. The summed E-state index contributed by atoms with van der Waals surface area (Å²) in [6.45, 7) is 3.13. The molecular formula is C22H23N3O2. The van der Waals surface area contributed by atoms with Crippen molar-refractivity contribution in [2.24, 2.45) is 0 Å². The first-order chi connectivity index (χ1) is 13.2. The number of aryl methyl sites for hydroxylation is 1. The summed E-state index contributed by atoms with van der Waals surface area (Å²) in [6.07, 6.45) is 1.64. The van der Waals surface area contributed by atoms with Gasteiger partial charge >= 0.3 is 0 Å². The van der Waals surface area contributed by atoms with E-state index in [-0.39, 0.29) is 5.91 Å². The lowest BCUT2D eigenvalue weighted by Crippen LogP contribution is -2.23. The molecule has 0 saturated heterocycles. The Hall–Kier alpha value is -3.34. The monoisotopic (exact) mass is 361 g/mol. The zero-order chi connectivity index (χ0) is 19.1. The van der Waals surface area contributed by atoms with Crippen LogP contribution in [0.15, 0.2) is 66.9 Å². The van der Waals surface area contributed by atoms with E-state index in [0.717, 1.165) is 11.3 Å². The molecule has 5 nitrogen and oxygen atoms in total. The third kappa shape index (κ3) is 4.85. The number of hydrogen-bond acceptors (Lipinski definition) is 4. The second-order valence-electron chi connectivity index (χ2n) is 6.20. The van der Waals surface area contributed by atoms with Crippen LogP contribution in [0.2, 0.25) is 0 Å². The van der Waals surface area contributed by atoms with Gasteiger partial charge in [-0.2, -0.15) is 0 Å². The summed E-state index contributed by atoms with van der Waals surface area (Å²) in [5, 5.41) is 6.20. The predicted molar refractivity (Wildman–Crippen MR) is 107 cm³/mol. The van der Waals surface area contributed by atoms with Crippen molar-refractivity contribution >= 4 is 11.7 Å². The molecule has 1 aromatic heterocycles. The number of carbonyl (C=O) groups excluding carboxylic acids is 1. The highest BCUT2D eigenvalue weighted by Gasteiger charge is 2.09.